The number of benzene rings is 1. The topological polar surface area (TPSA) is 38.4 Å². The Labute approximate surface area is 103 Å². The molecule has 86 valence electrons. The summed E-state index contributed by atoms with van der Waals surface area (Å²) < 4.78 is 13.4. The zero-order valence-corrected chi connectivity index (χ0v) is 10.5. The van der Waals surface area contributed by atoms with Crippen LogP contribution < -0.4 is 5.73 Å². The summed E-state index contributed by atoms with van der Waals surface area (Å²) in [5.41, 5.74) is 6.65. The van der Waals surface area contributed by atoms with Crippen LogP contribution in [0.2, 0.25) is 0 Å². The summed E-state index contributed by atoms with van der Waals surface area (Å²) in [5, 5.41) is 0. The fourth-order valence-corrected chi connectivity index (χ4v) is 2.38. The maximum atomic E-state index is 13.0. The number of halogens is 2. The highest BCUT2D eigenvalue weighted by Gasteiger charge is 2.18. The Morgan fingerprint density at radius 2 is 2.06 bits per heavy atom. The molecule has 0 spiro atoms. The maximum Gasteiger partial charge on any atom is 0.137 e. The molecule has 1 aliphatic carbocycles. The highest BCUT2D eigenvalue weighted by atomic mass is 79.9. The quantitative estimate of drug-likeness (QED) is 0.652. The first-order valence-corrected chi connectivity index (χ1v) is 6.25. The number of hydrogen-bond acceptors (Lipinski definition) is 1. The standard InChI is InChI=1S/C12H14BrFN2/c13-10-7-9(5-6-11(10)14)16-12(15)8-3-1-2-4-8/h5-8H,1-4H2,(H2,15,16). The van der Waals surface area contributed by atoms with Gasteiger partial charge in [-0.2, -0.15) is 0 Å². The Bertz CT molecular complexity index is 411. The molecule has 1 fully saturated rings. The van der Waals surface area contributed by atoms with E-state index in [0.29, 0.717) is 21.9 Å². The molecular formula is C12H14BrFN2. The van der Waals surface area contributed by atoms with Crippen molar-refractivity contribution in [3.8, 4) is 0 Å². The smallest absolute Gasteiger partial charge is 0.137 e. The molecule has 1 aromatic carbocycles. The average Bonchev–Trinajstić information content (AvgIpc) is 2.77. The first kappa shape index (κ1) is 11.6. The first-order valence-electron chi connectivity index (χ1n) is 5.46. The summed E-state index contributed by atoms with van der Waals surface area (Å²) in [4.78, 5) is 4.34. The number of rotatable bonds is 2. The minimum Gasteiger partial charge on any atom is -0.387 e. The van der Waals surface area contributed by atoms with Crippen molar-refractivity contribution < 1.29 is 4.39 Å². The zero-order valence-electron chi connectivity index (χ0n) is 8.92. The van der Waals surface area contributed by atoms with Gasteiger partial charge in [0.1, 0.15) is 11.7 Å². The summed E-state index contributed by atoms with van der Waals surface area (Å²) >= 11 is 3.13. The van der Waals surface area contributed by atoms with Crippen LogP contribution >= 0.6 is 15.9 Å². The van der Waals surface area contributed by atoms with Crippen molar-refractivity contribution >= 4 is 27.5 Å². The van der Waals surface area contributed by atoms with Crippen LogP contribution in [0.4, 0.5) is 10.1 Å². The van der Waals surface area contributed by atoms with Gasteiger partial charge in [-0.05, 0) is 47.0 Å². The molecule has 0 radical (unpaired) electrons. The molecule has 1 aromatic rings. The number of aliphatic imine (C=N–C) groups is 1. The minimum atomic E-state index is -0.279. The van der Waals surface area contributed by atoms with Crippen molar-refractivity contribution in [2.24, 2.45) is 16.6 Å². The molecule has 0 heterocycles. The molecule has 0 unspecified atom stereocenters. The van der Waals surface area contributed by atoms with Gasteiger partial charge in [0, 0.05) is 5.92 Å². The van der Waals surface area contributed by atoms with Gasteiger partial charge in [0.25, 0.3) is 0 Å². The van der Waals surface area contributed by atoms with Crippen LogP contribution in [0.3, 0.4) is 0 Å². The molecule has 2 rings (SSSR count). The Morgan fingerprint density at radius 3 is 2.69 bits per heavy atom. The van der Waals surface area contributed by atoms with E-state index in [0.717, 1.165) is 12.8 Å². The molecule has 1 aliphatic rings. The molecular weight excluding hydrogens is 271 g/mol. The van der Waals surface area contributed by atoms with Gasteiger partial charge in [-0.3, -0.25) is 0 Å². The summed E-state index contributed by atoms with van der Waals surface area (Å²) in [5.74, 6) is 0.804. The fraction of sp³-hybridized carbons (Fsp3) is 0.417. The monoisotopic (exact) mass is 284 g/mol. The van der Waals surface area contributed by atoms with Crippen LogP contribution in [0.5, 0.6) is 0 Å². The molecule has 0 amide bonds. The van der Waals surface area contributed by atoms with E-state index in [1.807, 2.05) is 0 Å². The number of nitrogens with two attached hydrogens (primary N) is 1. The molecule has 16 heavy (non-hydrogen) atoms. The molecule has 0 atom stereocenters. The van der Waals surface area contributed by atoms with Crippen molar-refractivity contribution in [3.63, 3.8) is 0 Å². The second kappa shape index (κ2) is 4.95. The Morgan fingerprint density at radius 1 is 1.38 bits per heavy atom. The first-order chi connectivity index (χ1) is 7.66. The summed E-state index contributed by atoms with van der Waals surface area (Å²) in [7, 11) is 0. The lowest BCUT2D eigenvalue weighted by Crippen LogP contribution is -2.20. The third kappa shape index (κ3) is 2.61. The lowest BCUT2D eigenvalue weighted by Gasteiger charge is -2.08. The molecule has 2 N–H and O–H groups in total. The molecule has 0 aliphatic heterocycles. The van der Waals surface area contributed by atoms with Gasteiger partial charge in [0.15, 0.2) is 0 Å². The van der Waals surface area contributed by atoms with E-state index in [2.05, 4.69) is 20.9 Å². The van der Waals surface area contributed by atoms with E-state index >= 15 is 0 Å². The van der Waals surface area contributed by atoms with E-state index in [1.54, 1.807) is 12.1 Å². The molecule has 2 nitrogen and oxygen atoms in total. The molecule has 0 bridgehead atoms. The van der Waals surface area contributed by atoms with Gasteiger partial charge < -0.3 is 5.73 Å². The van der Waals surface area contributed by atoms with Crippen LogP contribution in [-0.4, -0.2) is 5.84 Å². The van der Waals surface area contributed by atoms with Crippen LogP contribution in [0.25, 0.3) is 0 Å². The van der Waals surface area contributed by atoms with Crippen molar-refractivity contribution in [2.75, 3.05) is 0 Å². The predicted octanol–water partition coefficient (Wildman–Crippen LogP) is 3.77. The van der Waals surface area contributed by atoms with Gasteiger partial charge >= 0.3 is 0 Å². The fourth-order valence-electron chi connectivity index (χ4n) is 2.02. The highest BCUT2D eigenvalue weighted by molar-refractivity contribution is 9.10. The van der Waals surface area contributed by atoms with Crippen LogP contribution in [0.1, 0.15) is 25.7 Å². The second-order valence-corrected chi connectivity index (χ2v) is 4.97. The Hall–Kier alpha value is -0.900. The molecule has 0 aromatic heterocycles. The van der Waals surface area contributed by atoms with Crippen molar-refractivity contribution in [1.82, 2.24) is 0 Å². The molecule has 0 saturated heterocycles. The number of hydrogen-bond donors (Lipinski definition) is 1. The summed E-state index contributed by atoms with van der Waals surface area (Å²) in [6.45, 7) is 0. The summed E-state index contributed by atoms with van der Waals surface area (Å²) in [6, 6.07) is 4.68. The molecule has 4 heteroatoms. The van der Waals surface area contributed by atoms with Gasteiger partial charge in [0.2, 0.25) is 0 Å². The lowest BCUT2D eigenvalue weighted by atomic mass is 10.1. The number of amidine groups is 1. The Kier molecular flexibility index (Phi) is 3.59. The van der Waals surface area contributed by atoms with Crippen LogP contribution in [-0.2, 0) is 0 Å². The highest BCUT2D eigenvalue weighted by Crippen LogP contribution is 2.27. The Balaban J connectivity index is 2.17. The largest absolute Gasteiger partial charge is 0.387 e. The number of nitrogens with zero attached hydrogens (tertiary/aromatic N) is 1. The van der Waals surface area contributed by atoms with Gasteiger partial charge in [-0.25, -0.2) is 9.38 Å². The lowest BCUT2D eigenvalue weighted by molar-refractivity contribution is 0.621. The van der Waals surface area contributed by atoms with Crippen molar-refractivity contribution in [1.29, 1.82) is 0 Å². The van der Waals surface area contributed by atoms with Crippen molar-refractivity contribution in [3.05, 3.63) is 28.5 Å². The summed E-state index contributed by atoms with van der Waals surface area (Å²) in [6.07, 6.45) is 4.71. The minimum absolute atomic E-state index is 0.279. The normalized spacial score (nSPS) is 18.0. The van der Waals surface area contributed by atoms with E-state index in [9.17, 15) is 4.39 Å². The third-order valence-electron chi connectivity index (χ3n) is 2.93. The second-order valence-electron chi connectivity index (χ2n) is 4.12. The van der Waals surface area contributed by atoms with E-state index in [-0.39, 0.29) is 5.82 Å². The van der Waals surface area contributed by atoms with Gasteiger partial charge in [0.05, 0.1) is 10.2 Å². The SMILES string of the molecule is NC(=Nc1ccc(F)c(Br)c1)C1CCCC1. The van der Waals surface area contributed by atoms with E-state index in [4.69, 9.17) is 5.73 Å². The molecule has 1 saturated carbocycles. The third-order valence-corrected chi connectivity index (χ3v) is 3.54. The van der Waals surface area contributed by atoms with Crippen molar-refractivity contribution in [2.45, 2.75) is 25.7 Å². The van der Waals surface area contributed by atoms with Crippen LogP contribution in [0, 0.1) is 11.7 Å². The van der Waals surface area contributed by atoms with Gasteiger partial charge in [-0.1, -0.05) is 12.8 Å². The predicted molar refractivity (Wildman–Crippen MR) is 67.3 cm³/mol. The van der Waals surface area contributed by atoms with Gasteiger partial charge in [-0.15, -0.1) is 0 Å². The zero-order chi connectivity index (χ0) is 11.5. The van der Waals surface area contributed by atoms with Crippen LogP contribution in [0.15, 0.2) is 27.7 Å². The average molecular weight is 285 g/mol. The maximum absolute atomic E-state index is 13.0. The van der Waals surface area contributed by atoms with E-state index in [1.165, 1.54) is 18.9 Å². The van der Waals surface area contributed by atoms with E-state index < -0.39 is 0 Å².